The molecule has 6 heteroatoms. The van der Waals surface area contributed by atoms with Crippen molar-refractivity contribution >= 4 is 28.8 Å². The van der Waals surface area contributed by atoms with Gasteiger partial charge in [-0.1, -0.05) is 24.3 Å². The molecule has 3 aromatic rings. The fourth-order valence-electron chi connectivity index (χ4n) is 2.24. The van der Waals surface area contributed by atoms with Crippen LogP contribution in [0.1, 0.15) is 17.0 Å². The highest BCUT2D eigenvalue weighted by molar-refractivity contribution is 7.13. The van der Waals surface area contributed by atoms with Crippen molar-refractivity contribution in [2.75, 3.05) is 11.9 Å². The van der Waals surface area contributed by atoms with Gasteiger partial charge in [0.15, 0.2) is 5.76 Å². The quantitative estimate of drug-likeness (QED) is 0.717. The predicted molar refractivity (Wildman–Crippen MR) is 94.0 cm³/mol. The van der Waals surface area contributed by atoms with E-state index in [-0.39, 0.29) is 30.5 Å². The molecule has 2 amide bonds. The molecule has 0 saturated heterocycles. The van der Waals surface area contributed by atoms with Crippen molar-refractivity contribution in [3.8, 4) is 10.4 Å². The second kappa shape index (κ2) is 7.61. The van der Waals surface area contributed by atoms with E-state index < -0.39 is 0 Å². The van der Waals surface area contributed by atoms with Crippen molar-refractivity contribution in [2.45, 2.75) is 6.42 Å². The molecule has 0 radical (unpaired) electrons. The number of rotatable bonds is 6. The summed E-state index contributed by atoms with van der Waals surface area (Å²) < 4.78 is 4.99. The predicted octanol–water partition coefficient (Wildman–Crippen LogP) is 3.77. The van der Waals surface area contributed by atoms with Crippen LogP contribution in [0.2, 0.25) is 0 Å². The molecule has 0 aliphatic rings. The molecule has 0 aliphatic heterocycles. The molecule has 0 saturated carbocycles. The molecule has 3 rings (SSSR count). The summed E-state index contributed by atoms with van der Waals surface area (Å²) in [6.45, 7) is 0.243. The van der Waals surface area contributed by atoms with E-state index in [1.165, 1.54) is 6.26 Å². The van der Waals surface area contributed by atoms with Crippen LogP contribution < -0.4 is 10.6 Å². The Bertz CT molecular complexity index is 811. The Hall–Kier alpha value is -2.86. The minimum atomic E-state index is -0.327. The normalized spacial score (nSPS) is 10.3. The Morgan fingerprint density at radius 1 is 1.04 bits per heavy atom. The van der Waals surface area contributed by atoms with Crippen LogP contribution >= 0.6 is 11.3 Å². The van der Waals surface area contributed by atoms with Crippen LogP contribution in [0, 0.1) is 0 Å². The van der Waals surface area contributed by atoms with Crippen molar-refractivity contribution in [3.63, 3.8) is 0 Å². The Balaban J connectivity index is 1.55. The smallest absolute Gasteiger partial charge is 0.286 e. The fraction of sp³-hybridized carbons (Fsp3) is 0.111. The molecule has 2 N–H and O–H groups in total. The van der Waals surface area contributed by atoms with Crippen LogP contribution in [0.4, 0.5) is 5.69 Å². The monoisotopic (exact) mass is 340 g/mol. The number of thiophene rings is 1. The molecule has 2 heterocycles. The topological polar surface area (TPSA) is 71.3 Å². The largest absolute Gasteiger partial charge is 0.459 e. The molecule has 122 valence electrons. The van der Waals surface area contributed by atoms with Gasteiger partial charge in [-0.2, -0.15) is 0 Å². The van der Waals surface area contributed by atoms with Gasteiger partial charge in [0.05, 0.1) is 6.26 Å². The Kier molecular flexibility index (Phi) is 5.08. The van der Waals surface area contributed by atoms with E-state index in [2.05, 4.69) is 10.6 Å². The number of para-hydroxylation sites is 1. The number of amides is 2. The van der Waals surface area contributed by atoms with E-state index in [0.29, 0.717) is 0 Å². The zero-order valence-corrected chi connectivity index (χ0v) is 13.6. The average Bonchev–Trinajstić information content (AvgIpc) is 3.29. The SMILES string of the molecule is O=C(CCNC(=O)c1ccco1)Nc1ccccc1-c1cccs1. The van der Waals surface area contributed by atoms with Crippen molar-refractivity contribution in [1.29, 1.82) is 0 Å². The Labute approximate surface area is 143 Å². The highest BCUT2D eigenvalue weighted by Gasteiger charge is 2.11. The first-order chi connectivity index (χ1) is 11.7. The minimum Gasteiger partial charge on any atom is -0.459 e. The van der Waals surface area contributed by atoms with Crippen molar-refractivity contribution in [2.24, 2.45) is 0 Å². The van der Waals surface area contributed by atoms with Gasteiger partial charge in [-0.25, -0.2) is 0 Å². The van der Waals surface area contributed by atoms with Gasteiger partial charge in [0, 0.05) is 29.1 Å². The molecule has 0 fully saturated rings. The van der Waals surface area contributed by atoms with Crippen LogP contribution in [0.5, 0.6) is 0 Å². The van der Waals surface area contributed by atoms with E-state index in [1.54, 1.807) is 23.5 Å². The van der Waals surface area contributed by atoms with E-state index in [4.69, 9.17) is 4.42 Å². The number of anilines is 1. The van der Waals surface area contributed by atoms with Crippen molar-refractivity contribution in [1.82, 2.24) is 5.32 Å². The second-order valence-electron chi connectivity index (χ2n) is 5.05. The third-order valence-electron chi connectivity index (χ3n) is 3.37. The number of benzene rings is 1. The van der Waals surface area contributed by atoms with Crippen molar-refractivity contribution in [3.05, 3.63) is 65.9 Å². The first-order valence-corrected chi connectivity index (χ1v) is 8.36. The summed E-state index contributed by atoms with van der Waals surface area (Å²) in [6, 6.07) is 14.9. The Morgan fingerprint density at radius 3 is 2.67 bits per heavy atom. The minimum absolute atomic E-state index is 0.154. The fourth-order valence-corrected chi connectivity index (χ4v) is 3.00. The van der Waals surface area contributed by atoms with Crippen molar-refractivity contribution < 1.29 is 14.0 Å². The molecule has 0 bridgehead atoms. The van der Waals surface area contributed by atoms with E-state index in [1.807, 2.05) is 41.8 Å². The number of hydrogen-bond acceptors (Lipinski definition) is 4. The summed E-state index contributed by atoms with van der Waals surface area (Å²) in [7, 11) is 0. The maximum atomic E-state index is 12.1. The molecule has 0 spiro atoms. The summed E-state index contributed by atoms with van der Waals surface area (Å²) in [5, 5.41) is 7.55. The van der Waals surface area contributed by atoms with Crippen LogP contribution in [0.25, 0.3) is 10.4 Å². The van der Waals surface area contributed by atoms with Crippen LogP contribution in [-0.4, -0.2) is 18.4 Å². The molecule has 1 aromatic carbocycles. The van der Waals surface area contributed by atoms with Gasteiger partial charge in [0.1, 0.15) is 0 Å². The van der Waals surface area contributed by atoms with Gasteiger partial charge in [0.25, 0.3) is 5.91 Å². The number of hydrogen-bond donors (Lipinski definition) is 2. The summed E-state index contributed by atoms with van der Waals surface area (Å²) in [5.74, 6) is -0.246. The summed E-state index contributed by atoms with van der Waals surface area (Å²) in [6.07, 6.45) is 1.62. The number of furan rings is 1. The lowest BCUT2D eigenvalue weighted by Gasteiger charge is -2.10. The molecule has 0 atom stereocenters. The summed E-state index contributed by atoms with van der Waals surface area (Å²) >= 11 is 1.62. The molecule has 0 unspecified atom stereocenters. The molecule has 5 nitrogen and oxygen atoms in total. The van der Waals surface area contributed by atoms with Gasteiger partial charge in [-0.05, 0) is 29.6 Å². The first-order valence-electron chi connectivity index (χ1n) is 7.48. The zero-order valence-electron chi connectivity index (χ0n) is 12.8. The third kappa shape index (κ3) is 3.91. The van der Waals surface area contributed by atoms with Gasteiger partial charge in [0.2, 0.25) is 5.91 Å². The molecule has 24 heavy (non-hydrogen) atoms. The number of carbonyl (C=O) groups excluding carboxylic acids is 2. The maximum absolute atomic E-state index is 12.1. The first kappa shape index (κ1) is 16.0. The van der Waals surface area contributed by atoms with E-state index in [0.717, 1.165) is 16.1 Å². The lowest BCUT2D eigenvalue weighted by atomic mass is 10.1. The van der Waals surface area contributed by atoms with Gasteiger partial charge in [-0.15, -0.1) is 11.3 Å². The molecular weight excluding hydrogens is 324 g/mol. The molecule has 2 aromatic heterocycles. The Morgan fingerprint density at radius 2 is 1.92 bits per heavy atom. The van der Waals surface area contributed by atoms with Gasteiger partial charge in [-0.3, -0.25) is 9.59 Å². The summed E-state index contributed by atoms with van der Waals surface area (Å²) in [4.78, 5) is 24.9. The molecule has 0 aliphatic carbocycles. The average molecular weight is 340 g/mol. The van der Waals surface area contributed by atoms with E-state index in [9.17, 15) is 9.59 Å². The highest BCUT2D eigenvalue weighted by atomic mass is 32.1. The van der Waals surface area contributed by atoms with Gasteiger partial charge >= 0.3 is 0 Å². The van der Waals surface area contributed by atoms with Crippen LogP contribution in [0.15, 0.2) is 64.6 Å². The van der Waals surface area contributed by atoms with E-state index >= 15 is 0 Å². The maximum Gasteiger partial charge on any atom is 0.286 e. The summed E-state index contributed by atoms with van der Waals surface area (Å²) in [5.41, 5.74) is 1.75. The van der Waals surface area contributed by atoms with Crippen LogP contribution in [0.3, 0.4) is 0 Å². The lowest BCUT2D eigenvalue weighted by Crippen LogP contribution is -2.27. The second-order valence-corrected chi connectivity index (χ2v) is 6.00. The number of nitrogens with one attached hydrogen (secondary N) is 2. The number of carbonyl (C=O) groups is 2. The standard InChI is InChI=1S/C18H16N2O3S/c21-17(9-10-19-18(22)15-7-3-11-23-15)20-14-6-2-1-5-13(14)16-8-4-12-24-16/h1-8,11-12H,9-10H2,(H,19,22)(H,20,21). The van der Waals surface area contributed by atoms with Gasteiger partial charge < -0.3 is 15.1 Å². The highest BCUT2D eigenvalue weighted by Crippen LogP contribution is 2.31. The third-order valence-corrected chi connectivity index (χ3v) is 4.27. The molecular formula is C18H16N2O3S. The van der Waals surface area contributed by atoms with Crippen LogP contribution in [-0.2, 0) is 4.79 Å². The zero-order chi connectivity index (χ0) is 16.8. The lowest BCUT2D eigenvalue weighted by molar-refractivity contribution is -0.116.